The number of thiophene rings is 1. The first-order valence-electron chi connectivity index (χ1n) is 6.65. The molecule has 0 fully saturated rings. The largest absolute Gasteiger partial charge is 0.387 e. The summed E-state index contributed by atoms with van der Waals surface area (Å²) in [4.78, 5) is 8.21. The van der Waals surface area contributed by atoms with E-state index in [1.807, 2.05) is 11.1 Å². The highest BCUT2D eigenvalue weighted by Crippen LogP contribution is 2.34. The number of nitrogens with zero attached hydrogens (tertiary/aromatic N) is 1. The molecule has 2 heterocycles. The topological polar surface area (TPSA) is 38.5 Å². The number of benzene rings is 1. The van der Waals surface area contributed by atoms with E-state index in [-0.39, 0.29) is 6.04 Å². The van der Waals surface area contributed by atoms with E-state index in [0.29, 0.717) is 5.88 Å². The van der Waals surface area contributed by atoms with Crippen LogP contribution in [0.2, 0.25) is 0 Å². The molecule has 20 heavy (non-hydrogen) atoms. The zero-order valence-electron chi connectivity index (χ0n) is 11.7. The molecule has 0 saturated carbocycles. The third-order valence-corrected chi connectivity index (χ3v) is 4.44. The van der Waals surface area contributed by atoms with Crippen LogP contribution in [0.5, 0.6) is 0 Å². The number of nitrogens with two attached hydrogens (primary N) is 1. The first-order chi connectivity index (χ1) is 9.61. The van der Waals surface area contributed by atoms with Crippen molar-refractivity contribution in [1.29, 1.82) is 0 Å². The minimum Gasteiger partial charge on any atom is -0.387 e. The summed E-state index contributed by atoms with van der Waals surface area (Å²) in [6.07, 6.45) is 1.97. The minimum atomic E-state index is 0.106. The lowest BCUT2D eigenvalue weighted by Crippen LogP contribution is -2.22. The Morgan fingerprint density at radius 3 is 2.55 bits per heavy atom. The Morgan fingerprint density at radius 2 is 1.90 bits per heavy atom. The number of hydrogen-bond acceptors (Lipinski definition) is 4. The van der Waals surface area contributed by atoms with Gasteiger partial charge in [0, 0.05) is 15.8 Å². The van der Waals surface area contributed by atoms with Crippen molar-refractivity contribution in [1.82, 2.24) is 5.06 Å². The van der Waals surface area contributed by atoms with E-state index in [9.17, 15) is 0 Å². The van der Waals surface area contributed by atoms with Crippen molar-refractivity contribution in [2.24, 2.45) is 5.73 Å². The first kappa shape index (κ1) is 13.2. The zero-order chi connectivity index (χ0) is 14.1. The van der Waals surface area contributed by atoms with Crippen LogP contribution in [-0.4, -0.2) is 5.06 Å². The Bertz CT molecular complexity index is 630. The highest BCUT2D eigenvalue weighted by atomic mass is 32.1. The highest BCUT2D eigenvalue weighted by Gasteiger charge is 2.28. The molecule has 0 saturated heterocycles. The average Bonchev–Trinajstić information content (AvgIpc) is 2.98. The molecule has 0 amide bonds. The van der Waals surface area contributed by atoms with E-state index in [4.69, 9.17) is 10.6 Å². The van der Waals surface area contributed by atoms with Gasteiger partial charge in [-0.1, -0.05) is 29.8 Å². The van der Waals surface area contributed by atoms with Gasteiger partial charge in [0.05, 0.1) is 6.54 Å². The third-order valence-electron chi connectivity index (χ3n) is 3.37. The van der Waals surface area contributed by atoms with Gasteiger partial charge in [-0.2, -0.15) is 0 Å². The molecule has 0 bridgehead atoms. The lowest BCUT2D eigenvalue weighted by atomic mass is 10.1. The Hall–Kier alpha value is -1.78. The van der Waals surface area contributed by atoms with Gasteiger partial charge >= 0.3 is 0 Å². The summed E-state index contributed by atoms with van der Waals surface area (Å²) in [5.41, 5.74) is 8.32. The summed E-state index contributed by atoms with van der Waals surface area (Å²) in [6.45, 7) is 4.92. The monoisotopic (exact) mass is 286 g/mol. The van der Waals surface area contributed by atoms with Gasteiger partial charge in [0.15, 0.2) is 0 Å². The van der Waals surface area contributed by atoms with Crippen molar-refractivity contribution in [2.75, 3.05) is 0 Å². The van der Waals surface area contributed by atoms with Gasteiger partial charge in [-0.15, -0.1) is 16.4 Å². The van der Waals surface area contributed by atoms with Crippen LogP contribution >= 0.6 is 11.3 Å². The van der Waals surface area contributed by atoms with Crippen molar-refractivity contribution in [3.05, 3.63) is 69.2 Å². The molecule has 0 spiro atoms. The highest BCUT2D eigenvalue weighted by molar-refractivity contribution is 7.12. The fourth-order valence-corrected chi connectivity index (χ4v) is 3.25. The van der Waals surface area contributed by atoms with Crippen molar-refractivity contribution in [3.8, 4) is 0 Å². The molecule has 3 rings (SSSR count). The molecule has 1 atom stereocenters. The van der Waals surface area contributed by atoms with Crippen molar-refractivity contribution in [2.45, 2.75) is 26.4 Å². The van der Waals surface area contributed by atoms with Gasteiger partial charge in [0.1, 0.15) is 6.04 Å². The van der Waals surface area contributed by atoms with E-state index >= 15 is 0 Å². The van der Waals surface area contributed by atoms with Crippen LogP contribution in [0.3, 0.4) is 0 Å². The molecule has 1 unspecified atom stereocenters. The lowest BCUT2D eigenvalue weighted by molar-refractivity contribution is -0.127. The average molecular weight is 286 g/mol. The van der Waals surface area contributed by atoms with Gasteiger partial charge in [-0.05, 0) is 31.5 Å². The molecule has 2 aromatic rings. The molecule has 2 N–H and O–H groups in total. The van der Waals surface area contributed by atoms with Crippen LogP contribution in [0.4, 0.5) is 0 Å². The predicted molar refractivity (Wildman–Crippen MR) is 81.9 cm³/mol. The Kier molecular flexibility index (Phi) is 3.51. The van der Waals surface area contributed by atoms with Gasteiger partial charge in [0.25, 0.3) is 0 Å². The van der Waals surface area contributed by atoms with Crippen LogP contribution in [0.15, 0.2) is 48.4 Å². The van der Waals surface area contributed by atoms with E-state index < -0.39 is 0 Å². The van der Waals surface area contributed by atoms with Gasteiger partial charge < -0.3 is 10.6 Å². The maximum atomic E-state index is 5.84. The first-order valence-corrected chi connectivity index (χ1v) is 7.47. The Balaban J connectivity index is 1.80. The van der Waals surface area contributed by atoms with Gasteiger partial charge in [-0.25, -0.2) is 0 Å². The van der Waals surface area contributed by atoms with Crippen LogP contribution < -0.4 is 5.73 Å². The molecule has 1 aromatic heterocycles. The smallest absolute Gasteiger partial charge is 0.207 e. The molecule has 1 aromatic carbocycles. The third kappa shape index (κ3) is 2.71. The maximum Gasteiger partial charge on any atom is 0.207 e. The number of aryl methyl sites for hydroxylation is 2. The molecule has 104 valence electrons. The summed E-state index contributed by atoms with van der Waals surface area (Å²) in [6, 6.07) is 12.9. The van der Waals surface area contributed by atoms with Gasteiger partial charge in [-0.3, -0.25) is 0 Å². The summed E-state index contributed by atoms with van der Waals surface area (Å²) in [7, 11) is 0. The molecule has 0 radical (unpaired) electrons. The lowest BCUT2D eigenvalue weighted by Gasteiger charge is -2.21. The molecule has 4 heteroatoms. The SMILES string of the molecule is Cc1ccc(CN2OC(N)=CC2c2ccc(C)s2)cc1. The minimum absolute atomic E-state index is 0.106. The molecule has 0 aliphatic carbocycles. The Labute approximate surface area is 123 Å². The summed E-state index contributed by atoms with van der Waals surface area (Å²) in [5.74, 6) is 0.480. The fraction of sp³-hybridized carbons (Fsp3) is 0.250. The number of hydroxylamine groups is 2. The van der Waals surface area contributed by atoms with E-state index in [0.717, 1.165) is 6.54 Å². The molecule has 1 aliphatic heterocycles. The summed E-state index contributed by atoms with van der Waals surface area (Å²) >= 11 is 1.78. The molecular formula is C16H18N2OS. The standard InChI is InChI=1S/C16H18N2OS/c1-11-3-6-13(7-4-11)10-18-14(9-16(17)19-18)15-8-5-12(2)20-15/h3-9,14H,10,17H2,1-2H3. The van der Waals surface area contributed by atoms with Crippen LogP contribution in [0.25, 0.3) is 0 Å². The Morgan fingerprint density at radius 1 is 1.15 bits per heavy atom. The maximum absolute atomic E-state index is 5.84. The van der Waals surface area contributed by atoms with Gasteiger partial charge in [0.2, 0.25) is 5.88 Å². The van der Waals surface area contributed by atoms with E-state index in [1.54, 1.807) is 11.3 Å². The van der Waals surface area contributed by atoms with Crippen molar-refractivity contribution < 1.29 is 4.84 Å². The fourth-order valence-electron chi connectivity index (χ4n) is 2.30. The quantitative estimate of drug-likeness (QED) is 0.936. The molecule has 1 aliphatic rings. The second kappa shape index (κ2) is 5.31. The summed E-state index contributed by atoms with van der Waals surface area (Å²) in [5, 5.41) is 1.94. The molecule has 3 nitrogen and oxygen atoms in total. The summed E-state index contributed by atoms with van der Waals surface area (Å²) < 4.78 is 0. The second-order valence-corrected chi connectivity index (χ2v) is 6.43. The van der Waals surface area contributed by atoms with E-state index in [2.05, 4.69) is 50.2 Å². The number of hydrogen-bond donors (Lipinski definition) is 1. The zero-order valence-corrected chi connectivity index (χ0v) is 12.5. The number of rotatable bonds is 3. The normalized spacial score (nSPS) is 18.9. The van der Waals surface area contributed by atoms with E-state index in [1.165, 1.54) is 20.9 Å². The predicted octanol–water partition coefficient (Wildman–Crippen LogP) is 3.65. The van der Waals surface area contributed by atoms with Crippen molar-refractivity contribution >= 4 is 11.3 Å². The second-order valence-electron chi connectivity index (χ2n) is 5.11. The van der Waals surface area contributed by atoms with Crippen LogP contribution in [-0.2, 0) is 11.4 Å². The van der Waals surface area contributed by atoms with Crippen LogP contribution in [0, 0.1) is 13.8 Å². The van der Waals surface area contributed by atoms with Crippen molar-refractivity contribution in [3.63, 3.8) is 0 Å². The molecular weight excluding hydrogens is 268 g/mol. The van der Waals surface area contributed by atoms with Crippen LogP contribution in [0.1, 0.15) is 26.9 Å².